The van der Waals surface area contributed by atoms with Crippen LogP contribution in [0.1, 0.15) is 71.2 Å². The Kier molecular flexibility index (Phi) is 8.19. The Hall–Kier alpha value is -3.19. The lowest BCUT2D eigenvalue weighted by Crippen LogP contribution is -2.37. The number of amides is 1. The molecule has 1 atom stereocenters. The molecule has 2 aliphatic heterocycles. The first-order chi connectivity index (χ1) is 18.1. The molecule has 196 valence electrons. The highest BCUT2D eigenvalue weighted by Gasteiger charge is 2.26. The summed E-state index contributed by atoms with van der Waals surface area (Å²) < 4.78 is 8.30. The minimum Gasteiger partial charge on any atom is -0.491 e. The standard InChI is InChI=1S/C30H39N5O2/c1-23-13-14-27-26(21-23)22-33(2)18-15-25(24-9-4-3-5-10-24)11-8-16-34(19-20-37-27)30(36)29-32-31-28-12-6-7-17-35(28)29/h3-5,9-10,13-14,21,25H,6-8,11-12,15-20,22H2,1-2H3. The highest BCUT2D eigenvalue weighted by Crippen LogP contribution is 2.27. The van der Waals surface area contributed by atoms with Crippen LogP contribution < -0.4 is 4.74 Å². The van der Waals surface area contributed by atoms with Crippen molar-refractivity contribution in [1.82, 2.24) is 24.6 Å². The maximum atomic E-state index is 13.7. The molecule has 1 unspecified atom stereocenters. The van der Waals surface area contributed by atoms with Crippen LogP contribution in [0.3, 0.4) is 0 Å². The van der Waals surface area contributed by atoms with Crippen molar-refractivity contribution in [2.24, 2.45) is 0 Å². The fourth-order valence-corrected chi connectivity index (χ4v) is 5.64. The number of aryl methyl sites for hydroxylation is 2. The summed E-state index contributed by atoms with van der Waals surface area (Å²) in [7, 11) is 2.19. The summed E-state index contributed by atoms with van der Waals surface area (Å²) in [5, 5.41) is 8.65. The van der Waals surface area contributed by atoms with E-state index in [1.54, 1.807) is 0 Å². The fourth-order valence-electron chi connectivity index (χ4n) is 5.64. The molecule has 0 N–H and O–H groups in total. The zero-order valence-electron chi connectivity index (χ0n) is 22.2. The summed E-state index contributed by atoms with van der Waals surface area (Å²) in [6.45, 7) is 6.45. The van der Waals surface area contributed by atoms with Gasteiger partial charge in [0.1, 0.15) is 18.2 Å². The second-order valence-corrected chi connectivity index (χ2v) is 10.6. The first-order valence-corrected chi connectivity index (χ1v) is 13.8. The smallest absolute Gasteiger partial charge is 0.291 e. The Morgan fingerprint density at radius 2 is 1.81 bits per heavy atom. The van der Waals surface area contributed by atoms with Crippen molar-refractivity contribution < 1.29 is 9.53 Å². The molecule has 0 radical (unpaired) electrons. The van der Waals surface area contributed by atoms with Crippen LogP contribution in [0.5, 0.6) is 5.75 Å². The highest BCUT2D eigenvalue weighted by atomic mass is 16.5. The number of nitrogens with zero attached hydrogens (tertiary/aromatic N) is 5. The Labute approximate surface area is 220 Å². The third-order valence-corrected chi connectivity index (χ3v) is 7.72. The van der Waals surface area contributed by atoms with Crippen LogP contribution in [0, 0.1) is 6.92 Å². The number of benzene rings is 2. The Morgan fingerprint density at radius 3 is 2.68 bits per heavy atom. The van der Waals surface area contributed by atoms with Crippen molar-refractivity contribution in [3.63, 3.8) is 0 Å². The van der Waals surface area contributed by atoms with Gasteiger partial charge in [0.2, 0.25) is 5.82 Å². The van der Waals surface area contributed by atoms with Crippen molar-refractivity contribution >= 4 is 5.91 Å². The summed E-state index contributed by atoms with van der Waals surface area (Å²) in [5.74, 6) is 2.74. The maximum Gasteiger partial charge on any atom is 0.291 e. The van der Waals surface area contributed by atoms with Gasteiger partial charge in [0.05, 0.1) is 6.54 Å². The highest BCUT2D eigenvalue weighted by molar-refractivity contribution is 5.90. The molecule has 5 rings (SSSR count). The minimum absolute atomic E-state index is 0.0310. The third kappa shape index (κ3) is 6.21. The van der Waals surface area contributed by atoms with Crippen molar-refractivity contribution in [1.29, 1.82) is 0 Å². The normalized spacial score (nSPS) is 19.8. The van der Waals surface area contributed by atoms with Crippen molar-refractivity contribution in [3.8, 4) is 5.75 Å². The van der Waals surface area contributed by atoms with Crippen molar-refractivity contribution in [3.05, 3.63) is 76.9 Å². The van der Waals surface area contributed by atoms with E-state index in [0.717, 1.165) is 69.7 Å². The van der Waals surface area contributed by atoms with E-state index in [-0.39, 0.29) is 5.91 Å². The summed E-state index contributed by atoms with van der Waals surface area (Å²) in [4.78, 5) is 18.0. The van der Waals surface area contributed by atoms with Gasteiger partial charge in [0.15, 0.2) is 0 Å². The third-order valence-electron chi connectivity index (χ3n) is 7.72. The van der Waals surface area contributed by atoms with Crippen LogP contribution in [-0.4, -0.2) is 63.8 Å². The molecule has 0 aliphatic carbocycles. The molecular formula is C30H39N5O2. The van der Waals surface area contributed by atoms with Gasteiger partial charge in [-0.15, -0.1) is 10.2 Å². The quantitative estimate of drug-likeness (QED) is 0.503. The fraction of sp³-hybridized carbons (Fsp3) is 0.500. The van der Waals surface area contributed by atoms with E-state index in [1.807, 2.05) is 9.47 Å². The zero-order chi connectivity index (χ0) is 25.6. The van der Waals surface area contributed by atoms with Crippen LogP contribution in [-0.2, 0) is 19.5 Å². The Bertz CT molecular complexity index is 1190. The molecule has 0 bridgehead atoms. The summed E-state index contributed by atoms with van der Waals surface area (Å²) >= 11 is 0. The van der Waals surface area contributed by atoms with Gasteiger partial charge in [-0.25, -0.2) is 0 Å². The predicted octanol–water partition coefficient (Wildman–Crippen LogP) is 4.84. The first kappa shape index (κ1) is 25.5. The molecule has 0 spiro atoms. The van der Waals surface area contributed by atoms with Crippen molar-refractivity contribution in [2.75, 3.05) is 33.3 Å². The molecule has 3 aromatic rings. The lowest BCUT2D eigenvalue weighted by molar-refractivity contribution is 0.0705. The van der Waals surface area contributed by atoms with Gasteiger partial charge >= 0.3 is 0 Å². The molecule has 2 aliphatic rings. The molecule has 3 heterocycles. The minimum atomic E-state index is -0.0310. The molecular weight excluding hydrogens is 462 g/mol. The van der Waals surface area contributed by atoms with Gasteiger partial charge in [-0.3, -0.25) is 4.79 Å². The van der Waals surface area contributed by atoms with E-state index >= 15 is 0 Å². The first-order valence-electron chi connectivity index (χ1n) is 13.8. The number of hydrogen-bond donors (Lipinski definition) is 0. The number of rotatable bonds is 2. The van der Waals surface area contributed by atoms with Crippen LogP contribution in [0.4, 0.5) is 0 Å². The van der Waals surface area contributed by atoms with E-state index < -0.39 is 0 Å². The van der Waals surface area contributed by atoms with E-state index in [0.29, 0.717) is 31.4 Å². The number of carbonyl (C=O) groups is 1. The van der Waals surface area contributed by atoms with E-state index in [1.165, 1.54) is 16.7 Å². The summed E-state index contributed by atoms with van der Waals surface area (Å²) in [6.07, 6.45) is 6.12. The maximum absolute atomic E-state index is 13.7. The monoisotopic (exact) mass is 501 g/mol. The SMILES string of the molecule is Cc1ccc2c(c1)CN(C)CCC(c1ccccc1)CCCN(C(=O)c1nnc3n1CCCC3)CCO2. The second kappa shape index (κ2) is 11.9. The predicted molar refractivity (Wildman–Crippen MR) is 145 cm³/mol. The molecule has 37 heavy (non-hydrogen) atoms. The Morgan fingerprint density at radius 1 is 0.946 bits per heavy atom. The van der Waals surface area contributed by atoms with Gasteiger partial charge in [-0.05, 0) is 70.2 Å². The number of aromatic nitrogens is 3. The molecule has 7 nitrogen and oxygen atoms in total. The van der Waals surface area contributed by atoms with Crippen LogP contribution in [0.2, 0.25) is 0 Å². The second-order valence-electron chi connectivity index (χ2n) is 10.6. The Balaban J connectivity index is 1.39. The number of fused-ring (bicyclic) bond motifs is 2. The molecule has 1 amide bonds. The van der Waals surface area contributed by atoms with Gasteiger partial charge in [-0.1, -0.05) is 48.0 Å². The number of hydrogen-bond acceptors (Lipinski definition) is 5. The molecule has 0 saturated carbocycles. The van der Waals surface area contributed by atoms with Gasteiger partial charge in [0, 0.05) is 31.6 Å². The van der Waals surface area contributed by atoms with E-state index in [4.69, 9.17) is 4.74 Å². The van der Waals surface area contributed by atoms with Crippen LogP contribution in [0.15, 0.2) is 48.5 Å². The molecule has 0 fully saturated rings. The van der Waals surface area contributed by atoms with Gasteiger partial charge in [0.25, 0.3) is 5.91 Å². The zero-order valence-corrected chi connectivity index (χ0v) is 22.2. The average Bonchev–Trinajstić information content (AvgIpc) is 3.34. The largest absolute Gasteiger partial charge is 0.491 e. The summed E-state index contributed by atoms with van der Waals surface area (Å²) in [6, 6.07) is 17.2. The number of ether oxygens (including phenoxy) is 1. The van der Waals surface area contributed by atoms with Crippen LogP contribution in [0.25, 0.3) is 0 Å². The van der Waals surface area contributed by atoms with Gasteiger partial charge < -0.3 is 19.1 Å². The lowest BCUT2D eigenvalue weighted by Gasteiger charge is -2.27. The molecule has 0 saturated heterocycles. The van der Waals surface area contributed by atoms with Gasteiger partial charge in [-0.2, -0.15) is 0 Å². The van der Waals surface area contributed by atoms with Crippen LogP contribution >= 0.6 is 0 Å². The topological polar surface area (TPSA) is 63.5 Å². The summed E-state index contributed by atoms with van der Waals surface area (Å²) in [5.41, 5.74) is 3.81. The van der Waals surface area contributed by atoms with Crippen molar-refractivity contribution in [2.45, 2.75) is 64.5 Å². The number of carbonyl (C=O) groups excluding carboxylic acids is 1. The molecule has 2 aromatic carbocycles. The average molecular weight is 502 g/mol. The van der Waals surface area contributed by atoms with E-state index in [9.17, 15) is 4.79 Å². The molecule has 1 aromatic heterocycles. The molecule has 7 heteroatoms. The lowest BCUT2D eigenvalue weighted by atomic mass is 9.91. The van der Waals surface area contributed by atoms with E-state index in [2.05, 4.69) is 77.6 Å².